The molecule has 0 aliphatic carbocycles. The fraction of sp³-hybridized carbons (Fsp3) is 0.857. The number of unbranched alkanes of at least 4 members (excludes halogenated alkanes) is 7. The molecular weight excluding hydrogens is 200 g/mol. The third-order valence-electron chi connectivity index (χ3n) is 3.15. The van der Waals surface area contributed by atoms with E-state index in [2.05, 4.69) is 18.4 Å². The Morgan fingerprint density at radius 3 is 2.27 bits per heavy atom. The van der Waals surface area contributed by atoms with Crippen LogP contribution in [0.3, 0.4) is 0 Å². The fourth-order valence-corrected chi connectivity index (χ4v) is 3.09. The molecule has 1 heteroatoms. The first-order valence-electron chi connectivity index (χ1n) is 6.74. The molecule has 0 aromatic rings. The zero-order chi connectivity index (χ0) is 10.8. The lowest BCUT2D eigenvalue weighted by atomic mass is 10.1. The summed E-state index contributed by atoms with van der Waals surface area (Å²) >= 11 is 2.04. The van der Waals surface area contributed by atoms with Crippen LogP contribution in [0, 0.1) is 0 Å². The summed E-state index contributed by atoms with van der Waals surface area (Å²) in [6, 6.07) is 0. The molecule has 0 aromatic heterocycles. The van der Waals surface area contributed by atoms with E-state index in [4.69, 9.17) is 0 Å². The van der Waals surface area contributed by atoms with Gasteiger partial charge in [-0.25, -0.2) is 0 Å². The normalized spacial score (nSPS) is 19.9. The predicted molar refractivity (Wildman–Crippen MR) is 72.4 cm³/mol. The van der Waals surface area contributed by atoms with Gasteiger partial charge < -0.3 is 0 Å². The molecule has 0 bridgehead atoms. The van der Waals surface area contributed by atoms with Gasteiger partial charge >= 0.3 is 0 Å². The predicted octanol–water partition coefficient (Wildman–Crippen LogP) is 5.54. The molecule has 0 spiro atoms. The second-order valence-corrected chi connectivity index (χ2v) is 5.84. The molecule has 0 aromatic carbocycles. The van der Waals surface area contributed by atoms with E-state index in [0.29, 0.717) is 0 Å². The molecule has 1 rings (SSSR count). The van der Waals surface area contributed by atoms with E-state index in [1.807, 2.05) is 11.8 Å². The topological polar surface area (TPSA) is 0 Å². The monoisotopic (exact) mass is 226 g/mol. The van der Waals surface area contributed by atoms with Crippen molar-refractivity contribution in [3.8, 4) is 0 Å². The van der Waals surface area contributed by atoms with Crippen LogP contribution in [0.15, 0.2) is 11.5 Å². The van der Waals surface area contributed by atoms with E-state index in [1.54, 1.807) is 0 Å². The quantitative estimate of drug-likeness (QED) is 0.465. The van der Waals surface area contributed by atoms with Gasteiger partial charge in [-0.1, -0.05) is 64.4 Å². The van der Waals surface area contributed by atoms with Crippen LogP contribution >= 0.6 is 11.8 Å². The van der Waals surface area contributed by atoms with Gasteiger partial charge in [-0.3, -0.25) is 0 Å². The maximum absolute atomic E-state index is 2.32. The molecule has 15 heavy (non-hydrogen) atoms. The van der Waals surface area contributed by atoms with Gasteiger partial charge in [0.1, 0.15) is 0 Å². The molecule has 0 saturated carbocycles. The van der Waals surface area contributed by atoms with E-state index >= 15 is 0 Å². The van der Waals surface area contributed by atoms with Gasteiger partial charge in [-0.05, 0) is 18.2 Å². The lowest BCUT2D eigenvalue weighted by Crippen LogP contribution is -1.95. The molecule has 0 fully saturated rings. The third kappa shape index (κ3) is 7.05. The summed E-state index contributed by atoms with van der Waals surface area (Å²) < 4.78 is 0. The second kappa shape index (κ2) is 9.33. The second-order valence-electron chi connectivity index (χ2n) is 4.63. The smallest absolute Gasteiger partial charge is 0.0123 e. The molecular formula is C14H26S. The van der Waals surface area contributed by atoms with E-state index in [0.717, 1.165) is 5.25 Å². The van der Waals surface area contributed by atoms with Crippen LogP contribution in [0.2, 0.25) is 0 Å². The Hall–Kier alpha value is 0.0900. The number of rotatable bonds is 9. The number of hydrogen-bond donors (Lipinski definition) is 0. The molecule has 0 nitrogen and oxygen atoms in total. The zero-order valence-electron chi connectivity index (χ0n) is 10.2. The van der Waals surface area contributed by atoms with Crippen molar-refractivity contribution < 1.29 is 0 Å². The Kier molecular flexibility index (Phi) is 8.18. The maximum Gasteiger partial charge on any atom is 0.0123 e. The van der Waals surface area contributed by atoms with Gasteiger partial charge in [-0.2, -0.15) is 0 Å². The minimum absolute atomic E-state index is 0.921. The highest BCUT2D eigenvalue weighted by molar-refractivity contribution is 8.02. The molecule has 1 unspecified atom stereocenters. The van der Waals surface area contributed by atoms with Crippen molar-refractivity contribution in [2.75, 3.05) is 0 Å². The summed E-state index contributed by atoms with van der Waals surface area (Å²) in [4.78, 5) is 0. The third-order valence-corrected chi connectivity index (χ3v) is 4.31. The van der Waals surface area contributed by atoms with Gasteiger partial charge in [-0.15, -0.1) is 11.8 Å². The Balaban J connectivity index is 1.73. The number of thioether (sulfide) groups is 1. The summed E-state index contributed by atoms with van der Waals surface area (Å²) in [7, 11) is 0. The molecule has 0 amide bonds. The van der Waals surface area contributed by atoms with Crippen molar-refractivity contribution in [3.05, 3.63) is 11.5 Å². The van der Waals surface area contributed by atoms with Crippen LogP contribution in [0.4, 0.5) is 0 Å². The molecule has 1 heterocycles. The Bertz CT molecular complexity index is 155. The first-order chi connectivity index (χ1) is 7.43. The Morgan fingerprint density at radius 1 is 1.00 bits per heavy atom. The molecule has 1 aliphatic rings. The Morgan fingerprint density at radius 2 is 1.67 bits per heavy atom. The largest absolute Gasteiger partial charge is 0.131 e. The molecule has 0 radical (unpaired) electrons. The van der Waals surface area contributed by atoms with Crippen molar-refractivity contribution >= 4 is 11.8 Å². The van der Waals surface area contributed by atoms with Crippen LogP contribution < -0.4 is 0 Å². The number of allylic oxidation sites excluding steroid dienone is 1. The maximum atomic E-state index is 2.32. The van der Waals surface area contributed by atoms with Crippen LogP contribution in [0.1, 0.15) is 71.1 Å². The van der Waals surface area contributed by atoms with Gasteiger partial charge in [0, 0.05) is 5.25 Å². The van der Waals surface area contributed by atoms with E-state index in [1.165, 1.54) is 64.2 Å². The molecule has 0 saturated heterocycles. The summed E-state index contributed by atoms with van der Waals surface area (Å²) in [6.07, 6.45) is 16.7. The van der Waals surface area contributed by atoms with Crippen LogP contribution in [0.25, 0.3) is 0 Å². The van der Waals surface area contributed by atoms with Crippen molar-refractivity contribution in [3.63, 3.8) is 0 Å². The first kappa shape index (κ1) is 13.2. The summed E-state index contributed by atoms with van der Waals surface area (Å²) in [6.45, 7) is 2.29. The lowest BCUT2D eigenvalue weighted by Gasteiger charge is -2.07. The van der Waals surface area contributed by atoms with Crippen molar-refractivity contribution in [1.82, 2.24) is 0 Å². The van der Waals surface area contributed by atoms with Crippen molar-refractivity contribution in [2.24, 2.45) is 0 Å². The highest BCUT2D eigenvalue weighted by Crippen LogP contribution is 2.28. The summed E-state index contributed by atoms with van der Waals surface area (Å²) in [5, 5.41) is 3.19. The molecule has 1 aliphatic heterocycles. The van der Waals surface area contributed by atoms with Gasteiger partial charge in [0.15, 0.2) is 0 Å². The van der Waals surface area contributed by atoms with Gasteiger partial charge in [0.25, 0.3) is 0 Å². The van der Waals surface area contributed by atoms with Crippen molar-refractivity contribution in [1.29, 1.82) is 0 Å². The number of hydrogen-bond acceptors (Lipinski definition) is 1. The van der Waals surface area contributed by atoms with Crippen LogP contribution in [0.5, 0.6) is 0 Å². The minimum Gasteiger partial charge on any atom is -0.131 e. The fourth-order valence-electron chi connectivity index (χ4n) is 2.12. The Labute approximate surface area is 99.9 Å². The lowest BCUT2D eigenvalue weighted by molar-refractivity contribution is 0.561. The highest BCUT2D eigenvalue weighted by Gasteiger charge is 2.09. The van der Waals surface area contributed by atoms with E-state index < -0.39 is 0 Å². The standard InChI is InChI=1S/C14H26S/c1-2-3-4-5-6-7-8-9-11-14-12-10-13-15-14/h10,13-14H,2-9,11-12H2,1H3. The average Bonchev–Trinajstić information content (AvgIpc) is 2.75. The first-order valence-corrected chi connectivity index (χ1v) is 7.68. The summed E-state index contributed by atoms with van der Waals surface area (Å²) in [5.41, 5.74) is 0. The molecule has 1 atom stereocenters. The minimum atomic E-state index is 0.921. The van der Waals surface area contributed by atoms with Crippen molar-refractivity contribution in [2.45, 2.75) is 76.4 Å². The molecule has 0 N–H and O–H groups in total. The van der Waals surface area contributed by atoms with Gasteiger partial charge in [0.05, 0.1) is 0 Å². The van der Waals surface area contributed by atoms with Crippen LogP contribution in [-0.2, 0) is 0 Å². The zero-order valence-corrected chi connectivity index (χ0v) is 11.0. The van der Waals surface area contributed by atoms with E-state index in [-0.39, 0.29) is 0 Å². The SMILES string of the molecule is CCCCCCCCCCC1CC=CS1. The van der Waals surface area contributed by atoms with Crippen LogP contribution in [-0.4, -0.2) is 5.25 Å². The average molecular weight is 226 g/mol. The molecule has 88 valence electrons. The highest BCUT2D eigenvalue weighted by atomic mass is 32.2. The summed E-state index contributed by atoms with van der Waals surface area (Å²) in [5.74, 6) is 0. The van der Waals surface area contributed by atoms with Gasteiger partial charge in [0.2, 0.25) is 0 Å². The van der Waals surface area contributed by atoms with E-state index in [9.17, 15) is 0 Å².